The Morgan fingerprint density at radius 3 is 2.55 bits per heavy atom. The topological polar surface area (TPSA) is 33.9 Å². The largest absolute Gasteiger partial charge is 0.385 e. The fourth-order valence-corrected chi connectivity index (χ4v) is 4.79. The van der Waals surface area contributed by atoms with Gasteiger partial charge < -0.3 is 14.7 Å². The zero-order chi connectivity index (χ0) is 13.8. The van der Waals surface area contributed by atoms with E-state index in [1.165, 1.54) is 70.9 Å². The lowest BCUT2D eigenvalue weighted by Gasteiger charge is -2.41. The lowest BCUT2D eigenvalue weighted by Crippen LogP contribution is -3.11. The van der Waals surface area contributed by atoms with Crippen molar-refractivity contribution in [2.45, 2.75) is 70.0 Å². The van der Waals surface area contributed by atoms with Gasteiger partial charge in [0.05, 0.1) is 25.8 Å². The van der Waals surface area contributed by atoms with Gasteiger partial charge in [-0.25, -0.2) is 0 Å². The van der Waals surface area contributed by atoms with Crippen molar-refractivity contribution in [2.75, 3.05) is 26.2 Å². The maximum Gasteiger partial charge on any atom is 0.126 e. The van der Waals surface area contributed by atoms with Crippen molar-refractivity contribution in [2.24, 2.45) is 11.8 Å². The minimum atomic E-state index is -0.257. The van der Waals surface area contributed by atoms with Crippen LogP contribution in [-0.2, 0) is 4.74 Å². The molecule has 0 radical (unpaired) electrons. The van der Waals surface area contributed by atoms with Gasteiger partial charge in [0.15, 0.2) is 0 Å². The SMILES string of the molecule is O[C@H](COC1CCCC2CCCCC21)C[NH+]1CCCC1. The first-order chi connectivity index (χ1) is 9.83. The van der Waals surface area contributed by atoms with E-state index in [4.69, 9.17) is 4.74 Å². The van der Waals surface area contributed by atoms with Crippen molar-refractivity contribution in [3.8, 4) is 0 Å². The second kappa shape index (κ2) is 7.24. The third-order valence-corrected chi connectivity index (χ3v) is 5.85. The summed E-state index contributed by atoms with van der Waals surface area (Å²) in [7, 11) is 0. The van der Waals surface area contributed by atoms with Crippen LogP contribution in [0.4, 0.5) is 0 Å². The van der Waals surface area contributed by atoms with Gasteiger partial charge in [0, 0.05) is 12.8 Å². The van der Waals surface area contributed by atoms with Gasteiger partial charge in [-0.1, -0.05) is 25.7 Å². The molecule has 0 aromatic rings. The fraction of sp³-hybridized carbons (Fsp3) is 1.00. The Kier molecular flexibility index (Phi) is 5.36. The number of ether oxygens (including phenoxy) is 1. The normalized spacial score (nSPS) is 36.8. The molecule has 1 saturated heterocycles. The van der Waals surface area contributed by atoms with Crippen LogP contribution in [0.25, 0.3) is 0 Å². The van der Waals surface area contributed by atoms with Crippen molar-refractivity contribution in [1.82, 2.24) is 0 Å². The Bertz CT molecular complexity index is 289. The molecule has 116 valence electrons. The number of nitrogens with one attached hydrogen (secondary N) is 1. The maximum absolute atomic E-state index is 10.2. The van der Waals surface area contributed by atoms with Gasteiger partial charge in [0.2, 0.25) is 0 Å². The Morgan fingerprint density at radius 2 is 1.70 bits per heavy atom. The number of aliphatic hydroxyl groups excluding tert-OH is 1. The first kappa shape index (κ1) is 14.8. The molecule has 0 bridgehead atoms. The molecule has 1 aliphatic heterocycles. The van der Waals surface area contributed by atoms with Crippen LogP contribution in [0.5, 0.6) is 0 Å². The molecular weight excluding hydrogens is 250 g/mol. The Hall–Kier alpha value is -0.120. The molecule has 3 heteroatoms. The van der Waals surface area contributed by atoms with Gasteiger partial charge in [-0.15, -0.1) is 0 Å². The van der Waals surface area contributed by atoms with Gasteiger partial charge in [-0.05, 0) is 31.1 Å². The van der Waals surface area contributed by atoms with Crippen molar-refractivity contribution in [1.29, 1.82) is 0 Å². The van der Waals surface area contributed by atoms with Crippen molar-refractivity contribution < 1.29 is 14.7 Å². The number of hydrogen-bond acceptors (Lipinski definition) is 2. The molecule has 1 heterocycles. The third kappa shape index (κ3) is 3.75. The molecular formula is C17H32NO2+. The van der Waals surface area contributed by atoms with Crippen LogP contribution in [0.15, 0.2) is 0 Å². The zero-order valence-corrected chi connectivity index (χ0v) is 12.9. The molecule has 2 N–H and O–H groups in total. The van der Waals surface area contributed by atoms with Crippen molar-refractivity contribution in [3.05, 3.63) is 0 Å². The summed E-state index contributed by atoms with van der Waals surface area (Å²) in [4.78, 5) is 1.57. The van der Waals surface area contributed by atoms with Crippen LogP contribution in [0.1, 0.15) is 57.8 Å². The van der Waals surface area contributed by atoms with Crippen LogP contribution < -0.4 is 4.90 Å². The number of aliphatic hydroxyl groups is 1. The molecule has 3 aliphatic rings. The quantitative estimate of drug-likeness (QED) is 0.799. The van der Waals surface area contributed by atoms with Crippen LogP contribution >= 0.6 is 0 Å². The second-order valence-corrected chi connectivity index (χ2v) is 7.33. The predicted molar refractivity (Wildman–Crippen MR) is 79.8 cm³/mol. The maximum atomic E-state index is 10.2. The van der Waals surface area contributed by atoms with Gasteiger partial charge in [-0.3, -0.25) is 0 Å². The summed E-state index contributed by atoms with van der Waals surface area (Å²) in [5.41, 5.74) is 0. The van der Waals surface area contributed by atoms with Crippen LogP contribution in [0.2, 0.25) is 0 Å². The first-order valence-electron chi connectivity index (χ1n) is 8.96. The van der Waals surface area contributed by atoms with E-state index in [0.29, 0.717) is 12.7 Å². The zero-order valence-electron chi connectivity index (χ0n) is 12.9. The third-order valence-electron chi connectivity index (χ3n) is 5.85. The molecule has 2 saturated carbocycles. The number of quaternary nitrogens is 1. The number of fused-ring (bicyclic) bond motifs is 1. The van der Waals surface area contributed by atoms with Crippen molar-refractivity contribution >= 4 is 0 Å². The Morgan fingerprint density at radius 1 is 0.950 bits per heavy atom. The van der Waals surface area contributed by atoms with Gasteiger partial charge in [-0.2, -0.15) is 0 Å². The molecule has 20 heavy (non-hydrogen) atoms. The molecule has 4 atom stereocenters. The molecule has 0 aromatic heterocycles. The summed E-state index contributed by atoms with van der Waals surface area (Å²) in [6, 6.07) is 0. The van der Waals surface area contributed by atoms with E-state index < -0.39 is 0 Å². The molecule has 3 fully saturated rings. The van der Waals surface area contributed by atoms with E-state index in [-0.39, 0.29) is 6.10 Å². The summed E-state index contributed by atoms with van der Waals surface area (Å²) in [5.74, 6) is 1.72. The standard InChI is InChI=1S/C17H31NO2/c19-15(12-18-10-3-4-11-18)13-20-17-9-5-7-14-6-1-2-8-16(14)17/h14-17,19H,1-13H2/p+1/t14?,15-,16?,17?/m0/s1. The minimum Gasteiger partial charge on any atom is -0.385 e. The van der Waals surface area contributed by atoms with E-state index in [2.05, 4.69) is 0 Å². The number of rotatable bonds is 5. The molecule has 0 aromatic carbocycles. The summed E-state index contributed by atoms with van der Waals surface area (Å²) >= 11 is 0. The summed E-state index contributed by atoms with van der Waals surface area (Å²) in [6.07, 6.45) is 12.4. The average Bonchev–Trinajstić information content (AvgIpc) is 2.98. The Balaban J connectivity index is 1.42. The molecule has 3 nitrogen and oxygen atoms in total. The smallest absolute Gasteiger partial charge is 0.126 e. The molecule has 0 spiro atoms. The predicted octanol–water partition coefficient (Wildman–Crippen LogP) is 1.40. The summed E-state index contributed by atoms with van der Waals surface area (Å²) in [6.45, 7) is 3.94. The van der Waals surface area contributed by atoms with E-state index >= 15 is 0 Å². The first-order valence-corrected chi connectivity index (χ1v) is 8.96. The fourth-order valence-electron chi connectivity index (χ4n) is 4.79. The van der Waals surface area contributed by atoms with E-state index in [9.17, 15) is 5.11 Å². The van der Waals surface area contributed by atoms with Crippen LogP contribution in [-0.4, -0.2) is 43.6 Å². The molecule has 3 unspecified atom stereocenters. The number of hydrogen-bond donors (Lipinski definition) is 2. The summed E-state index contributed by atoms with van der Waals surface area (Å²) < 4.78 is 6.16. The van der Waals surface area contributed by atoms with E-state index in [0.717, 1.165) is 18.4 Å². The minimum absolute atomic E-state index is 0.257. The Labute approximate surface area is 123 Å². The lowest BCUT2D eigenvalue weighted by molar-refractivity contribution is -0.890. The molecule has 0 amide bonds. The monoisotopic (exact) mass is 282 g/mol. The van der Waals surface area contributed by atoms with Crippen LogP contribution in [0, 0.1) is 11.8 Å². The summed E-state index contributed by atoms with van der Waals surface area (Å²) in [5, 5.41) is 10.2. The van der Waals surface area contributed by atoms with Crippen LogP contribution in [0.3, 0.4) is 0 Å². The van der Waals surface area contributed by atoms with E-state index in [1.54, 1.807) is 4.90 Å². The van der Waals surface area contributed by atoms with Gasteiger partial charge in [0.1, 0.15) is 12.6 Å². The van der Waals surface area contributed by atoms with E-state index in [1.807, 2.05) is 0 Å². The molecule has 3 rings (SSSR count). The second-order valence-electron chi connectivity index (χ2n) is 7.33. The number of likely N-dealkylation sites (tertiary alicyclic amines) is 1. The van der Waals surface area contributed by atoms with Crippen molar-refractivity contribution in [3.63, 3.8) is 0 Å². The van der Waals surface area contributed by atoms with Gasteiger partial charge >= 0.3 is 0 Å². The highest BCUT2D eigenvalue weighted by molar-refractivity contribution is 4.86. The lowest BCUT2D eigenvalue weighted by atomic mass is 9.69. The molecule has 2 aliphatic carbocycles. The highest BCUT2D eigenvalue weighted by atomic mass is 16.5. The highest BCUT2D eigenvalue weighted by Crippen LogP contribution is 2.41. The highest BCUT2D eigenvalue weighted by Gasteiger charge is 2.35. The van der Waals surface area contributed by atoms with Gasteiger partial charge in [0.25, 0.3) is 0 Å². The average molecular weight is 282 g/mol.